The van der Waals surface area contributed by atoms with E-state index in [0.717, 1.165) is 48.1 Å². The summed E-state index contributed by atoms with van der Waals surface area (Å²) in [7, 11) is 3.34. The van der Waals surface area contributed by atoms with E-state index in [9.17, 15) is 0 Å². The minimum atomic E-state index is 0.747. The molecule has 0 saturated carbocycles. The normalized spacial score (nSPS) is 16.4. The van der Waals surface area contributed by atoms with Gasteiger partial charge in [0.2, 0.25) is 0 Å². The van der Waals surface area contributed by atoms with Crippen molar-refractivity contribution in [3.05, 3.63) is 23.3 Å². The maximum absolute atomic E-state index is 5.43. The van der Waals surface area contributed by atoms with Crippen LogP contribution in [0.4, 0.5) is 5.82 Å². The van der Waals surface area contributed by atoms with E-state index in [0.29, 0.717) is 0 Å². The lowest BCUT2D eigenvalue weighted by atomic mass is 10.1. The van der Waals surface area contributed by atoms with Crippen molar-refractivity contribution in [2.45, 2.75) is 25.7 Å². The number of likely N-dealkylation sites (tertiary alicyclic amines) is 1. The molecule has 0 radical (unpaired) electrons. The zero-order valence-electron chi connectivity index (χ0n) is 15.0. The average molecular weight is 342 g/mol. The number of aromatic nitrogens is 2. The molecule has 1 saturated heterocycles. The minimum absolute atomic E-state index is 0.747. The van der Waals surface area contributed by atoms with Crippen molar-refractivity contribution >= 4 is 5.82 Å². The van der Waals surface area contributed by atoms with Crippen LogP contribution in [0.5, 0.6) is 11.5 Å². The second-order valence-electron chi connectivity index (χ2n) is 6.80. The fraction of sp³-hybridized carbons (Fsp3) is 0.526. The number of fused-ring (bicyclic) bond motifs is 3. The van der Waals surface area contributed by atoms with E-state index >= 15 is 0 Å². The molecule has 1 aliphatic heterocycles. The summed E-state index contributed by atoms with van der Waals surface area (Å²) in [5, 5.41) is 11.2. The van der Waals surface area contributed by atoms with Crippen LogP contribution >= 0.6 is 0 Å². The largest absolute Gasteiger partial charge is 0.493 e. The van der Waals surface area contributed by atoms with E-state index in [1.807, 2.05) is 6.07 Å². The van der Waals surface area contributed by atoms with E-state index in [-0.39, 0.29) is 0 Å². The van der Waals surface area contributed by atoms with Gasteiger partial charge in [0.15, 0.2) is 11.5 Å². The van der Waals surface area contributed by atoms with Gasteiger partial charge in [0.05, 0.1) is 19.9 Å². The first kappa shape index (κ1) is 16.3. The molecule has 6 nitrogen and oxygen atoms in total. The van der Waals surface area contributed by atoms with E-state index < -0.39 is 0 Å². The predicted octanol–water partition coefficient (Wildman–Crippen LogP) is 2.90. The van der Waals surface area contributed by atoms with Crippen molar-refractivity contribution < 1.29 is 9.47 Å². The summed E-state index contributed by atoms with van der Waals surface area (Å²) < 4.78 is 10.9. The SMILES string of the molecule is COc1cc2c(cc1OC)-c1n[nH]c(NCCN3CCCCC3)c1C2. The number of nitrogens with zero attached hydrogens (tertiary/aromatic N) is 2. The van der Waals surface area contributed by atoms with Crippen LogP contribution in [0.15, 0.2) is 12.1 Å². The lowest BCUT2D eigenvalue weighted by Gasteiger charge is -2.26. The monoisotopic (exact) mass is 342 g/mol. The van der Waals surface area contributed by atoms with Crippen LogP contribution in [0.25, 0.3) is 11.3 Å². The maximum Gasteiger partial charge on any atom is 0.161 e. The number of hydrogen-bond acceptors (Lipinski definition) is 5. The summed E-state index contributed by atoms with van der Waals surface area (Å²) in [6, 6.07) is 4.09. The molecule has 2 aromatic rings. The Morgan fingerprint density at radius 3 is 2.64 bits per heavy atom. The number of rotatable bonds is 6. The number of benzene rings is 1. The lowest BCUT2D eigenvalue weighted by molar-refractivity contribution is 0.237. The molecule has 4 rings (SSSR count). The smallest absolute Gasteiger partial charge is 0.161 e. The molecule has 25 heavy (non-hydrogen) atoms. The Balaban J connectivity index is 1.47. The molecule has 2 N–H and O–H groups in total. The number of methoxy groups -OCH3 is 2. The molecule has 0 atom stereocenters. The first-order valence-electron chi connectivity index (χ1n) is 9.09. The summed E-state index contributed by atoms with van der Waals surface area (Å²) >= 11 is 0. The van der Waals surface area contributed by atoms with Gasteiger partial charge < -0.3 is 19.7 Å². The molecule has 0 spiro atoms. The summed E-state index contributed by atoms with van der Waals surface area (Å²) in [5.41, 5.74) is 4.64. The molecule has 1 aromatic carbocycles. The third kappa shape index (κ3) is 3.06. The Hall–Kier alpha value is -2.21. The Morgan fingerprint density at radius 2 is 1.88 bits per heavy atom. The van der Waals surface area contributed by atoms with E-state index in [1.54, 1.807) is 14.2 Å². The fourth-order valence-corrected chi connectivity index (χ4v) is 3.91. The maximum atomic E-state index is 5.43. The topological polar surface area (TPSA) is 62.4 Å². The van der Waals surface area contributed by atoms with Gasteiger partial charge in [-0.25, -0.2) is 0 Å². The van der Waals surface area contributed by atoms with Crippen LogP contribution in [0.1, 0.15) is 30.4 Å². The molecule has 1 aliphatic carbocycles. The molecule has 2 aliphatic rings. The van der Waals surface area contributed by atoms with Gasteiger partial charge in [0.25, 0.3) is 0 Å². The van der Waals surface area contributed by atoms with Crippen molar-refractivity contribution in [1.82, 2.24) is 15.1 Å². The summed E-state index contributed by atoms with van der Waals surface area (Å²) in [4.78, 5) is 2.54. The Bertz CT molecular complexity index is 750. The molecule has 1 aromatic heterocycles. The summed E-state index contributed by atoms with van der Waals surface area (Å²) in [6.45, 7) is 4.49. The first-order valence-corrected chi connectivity index (χ1v) is 9.09. The second kappa shape index (κ2) is 6.96. The molecule has 6 heteroatoms. The van der Waals surface area contributed by atoms with Crippen LogP contribution in [0, 0.1) is 0 Å². The van der Waals surface area contributed by atoms with Crippen molar-refractivity contribution in [3.8, 4) is 22.8 Å². The van der Waals surface area contributed by atoms with Gasteiger partial charge in [-0.1, -0.05) is 6.42 Å². The summed E-state index contributed by atoms with van der Waals surface area (Å²) in [5.74, 6) is 2.56. The third-order valence-electron chi connectivity index (χ3n) is 5.28. The summed E-state index contributed by atoms with van der Waals surface area (Å²) in [6.07, 6.45) is 4.91. The zero-order valence-corrected chi connectivity index (χ0v) is 15.0. The highest BCUT2D eigenvalue weighted by Crippen LogP contribution is 2.43. The predicted molar refractivity (Wildman–Crippen MR) is 98.7 cm³/mol. The van der Waals surface area contributed by atoms with Crippen LogP contribution in [-0.4, -0.2) is 55.5 Å². The van der Waals surface area contributed by atoms with E-state index in [1.165, 1.54) is 43.5 Å². The van der Waals surface area contributed by atoms with Gasteiger partial charge in [-0.3, -0.25) is 5.10 Å². The number of nitrogens with one attached hydrogen (secondary N) is 2. The Labute approximate surface area is 148 Å². The highest BCUT2D eigenvalue weighted by molar-refractivity contribution is 5.80. The minimum Gasteiger partial charge on any atom is -0.493 e. The number of ether oxygens (including phenoxy) is 2. The molecule has 0 unspecified atom stereocenters. The van der Waals surface area contributed by atoms with Gasteiger partial charge in [-0.2, -0.15) is 5.10 Å². The van der Waals surface area contributed by atoms with Gasteiger partial charge in [0, 0.05) is 30.6 Å². The van der Waals surface area contributed by atoms with Crippen molar-refractivity contribution in [2.24, 2.45) is 0 Å². The number of aromatic amines is 1. The van der Waals surface area contributed by atoms with Crippen molar-refractivity contribution in [1.29, 1.82) is 0 Å². The second-order valence-corrected chi connectivity index (χ2v) is 6.80. The highest BCUT2D eigenvalue weighted by Gasteiger charge is 2.27. The van der Waals surface area contributed by atoms with Crippen LogP contribution < -0.4 is 14.8 Å². The van der Waals surface area contributed by atoms with Gasteiger partial charge in [-0.15, -0.1) is 0 Å². The first-order chi connectivity index (χ1) is 12.3. The average Bonchev–Trinajstić information content (AvgIpc) is 3.20. The van der Waals surface area contributed by atoms with Crippen molar-refractivity contribution in [2.75, 3.05) is 45.7 Å². The van der Waals surface area contributed by atoms with Crippen LogP contribution in [0.3, 0.4) is 0 Å². The molecule has 0 amide bonds. The zero-order chi connectivity index (χ0) is 17.2. The van der Waals surface area contributed by atoms with Crippen LogP contribution in [0.2, 0.25) is 0 Å². The number of H-pyrrole nitrogens is 1. The molecular weight excluding hydrogens is 316 g/mol. The Morgan fingerprint density at radius 1 is 1.12 bits per heavy atom. The van der Waals surface area contributed by atoms with E-state index in [2.05, 4.69) is 26.5 Å². The molecule has 0 bridgehead atoms. The molecule has 2 heterocycles. The van der Waals surface area contributed by atoms with Crippen LogP contribution in [-0.2, 0) is 6.42 Å². The fourth-order valence-electron chi connectivity index (χ4n) is 3.91. The highest BCUT2D eigenvalue weighted by atomic mass is 16.5. The standard InChI is InChI=1S/C19H26N4O2/c1-24-16-11-13-10-15-18(14(13)12-17(16)25-2)21-22-19(15)20-6-9-23-7-4-3-5-8-23/h11-12H,3-10H2,1-2H3,(H2,20,21,22). The third-order valence-corrected chi connectivity index (χ3v) is 5.28. The Kier molecular flexibility index (Phi) is 4.53. The number of anilines is 1. The lowest BCUT2D eigenvalue weighted by Crippen LogP contribution is -2.33. The number of hydrogen-bond donors (Lipinski definition) is 2. The quantitative estimate of drug-likeness (QED) is 0.721. The molecular formula is C19H26N4O2. The van der Waals surface area contributed by atoms with Gasteiger partial charge >= 0.3 is 0 Å². The molecule has 134 valence electrons. The molecule has 1 fully saturated rings. The van der Waals surface area contributed by atoms with Crippen molar-refractivity contribution in [3.63, 3.8) is 0 Å². The number of piperidine rings is 1. The van der Waals surface area contributed by atoms with Gasteiger partial charge in [-0.05, 0) is 43.6 Å². The van der Waals surface area contributed by atoms with Gasteiger partial charge in [0.1, 0.15) is 5.82 Å². The van der Waals surface area contributed by atoms with E-state index in [4.69, 9.17) is 9.47 Å².